The first-order valence-corrected chi connectivity index (χ1v) is 9.68. The molecule has 0 bridgehead atoms. The molecule has 7 nitrogen and oxygen atoms in total. The zero-order valence-electron chi connectivity index (χ0n) is 16.6. The second-order valence-corrected chi connectivity index (χ2v) is 6.83. The van der Waals surface area contributed by atoms with Gasteiger partial charge < -0.3 is 9.05 Å². The van der Waals surface area contributed by atoms with E-state index in [4.69, 9.17) is 9.05 Å². The van der Waals surface area contributed by atoms with Crippen LogP contribution in [0.15, 0.2) is 87.9 Å². The second-order valence-electron chi connectivity index (χ2n) is 6.83. The van der Waals surface area contributed by atoms with Gasteiger partial charge in [-0.2, -0.15) is 10.5 Å². The molecule has 0 N–H and O–H groups in total. The Morgan fingerprint density at radius 2 is 1.00 bits per heavy atom. The van der Waals surface area contributed by atoms with Gasteiger partial charge in [-0.05, 0) is 12.1 Å². The number of hydrogen-bond donors (Lipinski definition) is 0. The van der Waals surface area contributed by atoms with E-state index in [9.17, 15) is 10.5 Å². The van der Waals surface area contributed by atoms with Gasteiger partial charge in [0.25, 0.3) is 0 Å². The van der Waals surface area contributed by atoms with Gasteiger partial charge in [0.1, 0.15) is 46.0 Å². The summed E-state index contributed by atoms with van der Waals surface area (Å²) in [6.45, 7) is 0. The molecule has 150 valence electrons. The summed E-state index contributed by atoms with van der Waals surface area (Å²) in [6, 6.07) is 28.1. The van der Waals surface area contributed by atoms with Gasteiger partial charge in [0, 0.05) is 11.1 Å². The molecular formula is C25H13N5O2. The fourth-order valence-electron chi connectivity index (χ4n) is 3.41. The molecule has 0 spiro atoms. The van der Waals surface area contributed by atoms with Crippen LogP contribution in [0.4, 0.5) is 0 Å². The van der Waals surface area contributed by atoms with Crippen LogP contribution in [0.2, 0.25) is 0 Å². The Morgan fingerprint density at radius 1 is 0.562 bits per heavy atom. The van der Waals surface area contributed by atoms with Gasteiger partial charge >= 0.3 is 0 Å². The summed E-state index contributed by atoms with van der Waals surface area (Å²) >= 11 is 0. The third-order valence-corrected chi connectivity index (χ3v) is 4.92. The molecule has 0 fully saturated rings. The maximum Gasteiger partial charge on any atom is 0.203 e. The van der Waals surface area contributed by atoms with Crippen molar-refractivity contribution >= 4 is 0 Å². The zero-order chi connectivity index (χ0) is 21.9. The van der Waals surface area contributed by atoms with Crippen LogP contribution in [0.25, 0.3) is 45.4 Å². The van der Waals surface area contributed by atoms with Crippen LogP contribution in [0, 0.1) is 22.7 Å². The van der Waals surface area contributed by atoms with E-state index < -0.39 is 0 Å². The summed E-state index contributed by atoms with van der Waals surface area (Å²) in [5.41, 5.74) is 3.78. The molecule has 0 amide bonds. The Morgan fingerprint density at radius 3 is 1.41 bits per heavy atom. The van der Waals surface area contributed by atoms with Crippen molar-refractivity contribution < 1.29 is 9.05 Å². The Balaban J connectivity index is 1.60. The molecule has 5 aromatic rings. The standard InChI is InChI=1S/C25H13N5O2/c26-14-18-22(16-8-3-1-4-9-16)29-31-24(18)20-12-7-13-21(28-20)25-19(15-27)23(30-32-25)17-10-5-2-6-11-17/h1-13H. The molecule has 3 heterocycles. The van der Waals surface area contributed by atoms with Crippen molar-refractivity contribution in [2.45, 2.75) is 0 Å². The Kier molecular flexibility index (Phi) is 4.76. The molecule has 0 saturated carbocycles. The van der Waals surface area contributed by atoms with Crippen LogP contribution in [-0.4, -0.2) is 15.3 Å². The molecule has 7 heteroatoms. The molecule has 0 radical (unpaired) electrons. The molecule has 0 saturated heterocycles. The number of nitriles is 2. The summed E-state index contributed by atoms with van der Waals surface area (Å²) in [4.78, 5) is 4.57. The van der Waals surface area contributed by atoms with Crippen LogP contribution < -0.4 is 0 Å². The molecular weight excluding hydrogens is 402 g/mol. The first-order valence-electron chi connectivity index (χ1n) is 9.68. The van der Waals surface area contributed by atoms with Crippen LogP contribution in [0.1, 0.15) is 11.1 Å². The van der Waals surface area contributed by atoms with E-state index in [1.54, 1.807) is 18.2 Å². The first-order chi connectivity index (χ1) is 15.8. The predicted octanol–water partition coefficient (Wildman–Crippen LogP) is 5.47. The second kappa shape index (κ2) is 8.02. The first kappa shape index (κ1) is 19.0. The minimum atomic E-state index is 0.245. The van der Waals surface area contributed by atoms with E-state index in [0.29, 0.717) is 22.8 Å². The smallest absolute Gasteiger partial charge is 0.203 e. The van der Waals surface area contributed by atoms with Crippen molar-refractivity contribution in [3.8, 4) is 57.6 Å². The number of aromatic nitrogens is 3. The van der Waals surface area contributed by atoms with Gasteiger partial charge in [0.2, 0.25) is 11.5 Å². The molecule has 32 heavy (non-hydrogen) atoms. The highest BCUT2D eigenvalue weighted by Crippen LogP contribution is 2.34. The molecule has 0 aliphatic rings. The van der Waals surface area contributed by atoms with Crippen LogP contribution in [-0.2, 0) is 0 Å². The zero-order valence-corrected chi connectivity index (χ0v) is 16.6. The van der Waals surface area contributed by atoms with Crippen molar-refractivity contribution in [3.05, 3.63) is 90.0 Å². The van der Waals surface area contributed by atoms with E-state index in [-0.39, 0.29) is 22.6 Å². The number of benzene rings is 2. The van der Waals surface area contributed by atoms with Crippen molar-refractivity contribution in [1.82, 2.24) is 15.3 Å². The van der Waals surface area contributed by atoms with Crippen molar-refractivity contribution in [3.63, 3.8) is 0 Å². The van der Waals surface area contributed by atoms with Crippen molar-refractivity contribution in [2.75, 3.05) is 0 Å². The summed E-state index contributed by atoms with van der Waals surface area (Å²) in [5.74, 6) is 0.490. The number of rotatable bonds is 4. The van der Waals surface area contributed by atoms with E-state index in [1.165, 1.54) is 0 Å². The van der Waals surface area contributed by atoms with E-state index in [2.05, 4.69) is 27.4 Å². The van der Waals surface area contributed by atoms with Gasteiger partial charge in [-0.3, -0.25) is 0 Å². The van der Waals surface area contributed by atoms with E-state index >= 15 is 0 Å². The SMILES string of the molecule is N#Cc1c(-c2ccccc2)noc1-c1cccc(-c2onc(-c3ccccc3)c2C#N)n1. The van der Waals surface area contributed by atoms with Crippen molar-refractivity contribution in [1.29, 1.82) is 10.5 Å². The molecule has 0 aliphatic carbocycles. The molecule has 5 rings (SSSR count). The topological polar surface area (TPSA) is 113 Å². The van der Waals surface area contributed by atoms with Gasteiger partial charge in [0.05, 0.1) is 0 Å². The maximum absolute atomic E-state index is 9.76. The Labute approximate surface area is 182 Å². The normalized spacial score (nSPS) is 10.4. The van der Waals surface area contributed by atoms with Crippen LogP contribution >= 0.6 is 0 Å². The molecule has 0 aliphatic heterocycles. The third-order valence-electron chi connectivity index (χ3n) is 4.92. The van der Waals surface area contributed by atoms with Crippen molar-refractivity contribution in [2.24, 2.45) is 0 Å². The largest absolute Gasteiger partial charge is 0.353 e. The molecule has 0 unspecified atom stereocenters. The summed E-state index contributed by atoms with van der Waals surface area (Å²) < 4.78 is 11.0. The van der Waals surface area contributed by atoms with Gasteiger partial charge in [-0.15, -0.1) is 0 Å². The van der Waals surface area contributed by atoms with Gasteiger partial charge in [0.15, 0.2) is 0 Å². The lowest BCUT2D eigenvalue weighted by atomic mass is 10.0. The van der Waals surface area contributed by atoms with Crippen LogP contribution in [0.3, 0.4) is 0 Å². The maximum atomic E-state index is 9.76. The summed E-state index contributed by atoms with van der Waals surface area (Å²) in [7, 11) is 0. The predicted molar refractivity (Wildman–Crippen MR) is 116 cm³/mol. The fourth-order valence-corrected chi connectivity index (χ4v) is 3.41. The summed E-state index contributed by atoms with van der Waals surface area (Å²) in [5, 5.41) is 27.7. The lowest BCUT2D eigenvalue weighted by Crippen LogP contribution is -1.90. The molecule has 0 atom stereocenters. The van der Waals surface area contributed by atoms with E-state index in [1.807, 2.05) is 60.7 Å². The average Bonchev–Trinajstić information content (AvgIpc) is 3.49. The van der Waals surface area contributed by atoms with Crippen LogP contribution in [0.5, 0.6) is 0 Å². The lowest BCUT2D eigenvalue weighted by Gasteiger charge is -2.01. The Bertz CT molecular complexity index is 1380. The minimum absolute atomic E-state index is 0.245. The quantitative estimate of drug-likeness (QED) is 0.382. The van der Waals surface area contributed by atoms with Gasteiger partial charge in [-0.25, -0.2) is 4.98 Å². The highest BCUT2D eigenvalue weighted by atomic mass is 16.5. The van der Waals surface area contributed by atoms with E-state index in [0.717, 1.165) is 11.1 Å². The summed E-state index contributed by atoms with van der Waals surface area (Å²) in [6.07, 6.45) is 0. The number of pyridine rings is 1. The monoisotopic (exact) mass is 415 g/mol. The molecule has 2 aromatic carbocycles. The Hall–Kier alpha value is -5.01. The highest BCUT2D eigenvalue weighted by Gasteiger charge is 2.23. The minimum Gasteiger partial charge on any atom is -0.353 e. The fraction of sp³-hybridized carbons (Fsp3) is 0. The van der Waals surface area contributed by atoms with Gasteiger partial charge in [-0.1, -0.05) is 77.0 Å². The third kappa shape index (κ3) is 3.20. The lowest BCUT2D eigenvalue weighted by molar-refractivity contribution is 0.431. The highest BCUT2D eigenvalue weighted by molar-refractivity contribution is 5.78. The number of hydrogen-bond acceptors (Lipinski definition) is 7. The average molecular weight is 415 g/mol. The number of nitrogens with zero attached hydrogens (tertiary/aromatic N) is 5. The molecule has 3 aromatic heterocycles.